The summed E-state index contributed by atoms with van der Waals surface area (Å²) in [6.45, 7) is 4.48. The zero-order chi connectivity index (χ0) is 21.9. The highest BCUT2D eigenvalue weighted by Gasteiger charge is 2.32. The first-order valence-electron chi connectivity index (χ1n) is 9.74. The van der Waals surface area contributed by atoms with Gasteiger partial charge < -0.3 is 18.5 Å². The molecule has 0 saturated heterocycles. The lowest BCUT2D eigenvalue weighted by atomic mass is 10.1. The summed E-state index contributed by atoms with van der Waals surface area (Å²) >= 11 is 12.4. The molecule has 7 nitrogen and oxygen atoms in total. The van der Waals surface area contributed by atoms with Gasteiger partial charge in [-0.05, 0) is 38.1 Å². The van der Waals surface area contributed by atoms with Crippen molar-refractivity contribution in [1.29, 1.82) is 0 Å². The third-order valence-corrected chi connectivity index (χ3v) is 6.12. The van der Waals surface area contributed by atoms with Gasteiger partial charge in [-0.25, -0.2) is 4.98 Å². The zero-order valence-corrected chi connectivity index (χ0v) is 18.3. The van der Waals surface area contributed by atoms with E-state index in [9.17, 15) is 9.59 Å². The SMILES string of the molecule is Cc1cn(-c2ccc3n(c2=O)C[C@@H](C)N(Cc2coc4c(Cl)cc(Cl)cc24)C3=O)cn1. The fourth-order valence-corrected chi connectivity index (χ4v) is 4.58. The first-order chi connectivity index (χ1) is 14.8. The van der Waals surface area contributed by atoms with Crippen molar-refractivity contribution >= 4 is 40.1 Å². The summed E-state index contributed by atoms with van der Waals surface area (Å²) in [5.41, 5.74) is 2.75. The van der Waals surface area contributed by atoms with Crippen LogP contribution in [0, 0.1) is 6.92 Å². The van der Waals surface area contributed by atoms with Crippen molar-refractivity contribution in [2.24, 2.45) is 0 Å². The van der Waals surface area contributed by atoms with E-state index in [0.29, 0.717) is 40.1 Å². The predicted molar refractivity (Wildman–Crippen MR) is 118 cm³/mol. The maximum absolute atomic E-state index is 13.3. The van der Waals surface area contributed by atoms with Gasteiger partial charge in [-0.3, -0.25) is 9.59 Å². The van der Waals surface area contributed by atoms with Gasteiger partial charge in [-0.15, -0.1) is 0 Å². The molecule has 158 valence electrons. The van der Waals surface area contributed by atoms with Crippen LogP contribution >= 0.6 is 23.2 Å². The molecule has 1 amide bonds. The van der Waals surface area contributed by atoms with Crippen molar-refractivity contribution in [3.8, 4) is 5.69 Å². The molecule has 3 aromatic heterocycles. The van der Waals surface area contributed by atoms with Crippen LogP contribution in [0.2, 0.25) is 10.0 Å². The van der Waals surface area contributed by atoms with Gasteiger partial charge >= 0.3 is 0 Å². The van der Waals surface area contributed by atoms with Crippen LogP contribution in [0.4, 0.5) is 0 Å². The third-order valence-electron chi connectivity index (χ3n) is 5.62. The molecule has 0 aliphatic carbocycles. The lowest BCUT2D eigenvalue weighted by Gasteiger charge is -2.35. The second-order valence-electron chi connectivity index (χ2n) is 7.75. The molecule has 4 heterocycles. The molecule has 4 aromatic rings. The minimum Gasteiger partial charge on any atom is -0.462 e. The van der Waals surface area contributed by atoms with Crippen LogP contribution in [0.15, 0.2) is 52.3 Å². The summed E-state index contributed by atoms with van der Waals surface area (Å²) in [4.78, 5) is 32.3. The van der Waals surface area contributed by atoms with Gasteiger partial charge in [0.05, 0.1) is 29.9 Å². The molecule has 0 spiro atoms. The molecule has 31 heavy (non-hydrogen) atoms. The van der Waals surface area contributed by atoms with Gasteiger partial charge in [0.1, 0.15) is 11.4 Å². The number of imidazole rings is 1. The molecule has 1 aliphatic heterocycles. The summed E-state index contributed by atoms with van der Waals surface area (Å²) in [6.07, 6.45) is 4.98. The Hall–Kier alpha value is -3.03. The maximum Gasteiger partial charge on any atom is 0.275 e. The van der Waals surface area contributed by atoms with Gasteiger partial charge in [0.2, 0.25) is 0 Å². The molecule has 0 fully saturated rings. The Morgan fingerprint density at radius 1 is 1.23 bits per heavy atom. The summed E-state index contributed by atoms with van der Waals surface area (Å²) in [7, 11) is 0. The first kappa shape index (κ1) is 19.9. The second kappa shape index (κ2) is 7.28. The number of pyridine rings is 1. The molecule has 0 bridgehead atoms. The smallest absolute Gasteiger partial charge is 0.275 e. The van der Waals surface area contributed by atoms with Crippen molar-refractivity contribution in [3.63, 3.8) is 0 Å². The average molecular weight is 457 g/mol. The quantitative estimate of drug-likeness (QED) is 0.456. The highest BCUT2D eigenvalue weighted by atomic mass is 35.5. The van der Waals surface area contributed by atoms with Crippen molar-refractivity contribution in [2.45, 2.75) is 33.0 Å². The number of nitrogens with zero attached hydrogens (tertiary/aromatic N) is 4. The molecule has 9 heteroatoms. The monoisotopic (exact) mass is 456 g/mol. The van der Waals surface area contributed by atoms with E-state index in [1.165, 1.54) is 4.57 Å². The molecule has 0 saturated carbocycles. The van der Waals surface area contributed by atoms with Gasteiger partial charge in [-0.2, -0.15) is 0 Å². The van der Waals surface area contributed by atoms with Gasteiger partial charge in [0.25, 0.3) is 11.5 Å². The van der Waals surface area contributed by atoms with E-state index < -0.39 is 0 Å². The van der Waals surface area contributed by atoms with Gasteiger partial charge in [0.15, 0.2) is 5.58 Å². The van der Waals surface area contributed by atoms with Crippen LogP contribution in [0.25, 0.3) is 16.7 Å². The van der Waals surface area contributed by atoms with Crippen molar-refractivity contribution < 1.29 is 9.21 Å². The van der Waals surface area contributed by atoms with E-state index in [2.05, 4.69) is 4.98 Å². The van der Waals surface area contributed by atoms with E-state index in [-0.39, 0.29) is 17.5 Å². The summed E-state index contributed by atoms with van der Waals surface area (Å²) in [5.74, 6) is -0.216. The largest absolute Gasteiger partial charge is 0.462 e. The minimum absolute atomic E-state index is 0.197. The number of amides is 1. The number of halogens is 2. The number of fused-ring (bicyclic) bond motifs is 2. The summed E-state index contributed by atoms with van der Waals surface area (Å²) in [6, 6.07) is 6.55. The second-order valence-corrected chi connectivity index (χ2v) is 8.59. The number of aromatic nitrogens is 3. The van der Waals surface area contributed by atoms with E-state index in [0.717, 1.165) is 16.6 Å². The Bertz CT molecular complexity index is 1400. The van der Waals surface area contributed by atoms with E-state index in [1.807, 2.05) is 13.8 Å². The predicted octanol–water partition coefficient (Wildman–Crippen LogP) is 4.44. The Labute approximate surface area is 187 Å². The van der Waals surface area contributed by atoms with Crippen molar-refractivity contribution in [1.82, 2.24) is 19.0 Å². The fraction of sp³-hybridized carbons (Fsp3) is 0.227. The Kier molecular flexibility index (Phi) is 4.68. The number of furan rings is 1. The fourth-order valence-electron chi connectivity index (χ4n) is 4.04. The average Bonchev–Trinajstić information content (AvgIpc) is 3.32. The molecule has 1 atom stereocenters. The van der Waals surface area contributed by atoms with Gasteiger partial charge in [-0.1, -0.05) is 23.2 Å². The van der Waals surface area contributed by atoms with Crippen molar-refractivity contribution in [3.05, 3.63) is 80.4 Å². The highest BCUT2D eigenvalue weighted by molar-refractivity contribution is 6.38. The molecular formula is C22H18Cl2N4O3. The Morgan fingerprint density at radius 3 is 2.77 bits per heavy atom. The van der Waals surface area contributed by atoms with Crippen LogP contribution in [-0.4, -0.2) is 31.0 Å². The maximum atomic E-state index is 13.3. The molecule has 5 rings (SSSR count). The van der Waals surface area contributed by atoms with Gasteiger partial charge in [0, 0.05) is 34.8 Å². The number of carbonyl (C=O) groups is 1. The zero-order valence-electron chi connectivity index (χ0n) is 16.8. The summed E-state index contributed by atoms with van der Waals surface area (Å²) in [5, 5.41) is 1.69. The van der Waals surface area contributed by atoms with Crippen LogP contribution in [0.1, 0.15) is 28.7 Å². The standard InChI is InChI=1S/C22H18Cl2N4O3/c1-12-7-26(11-25-12)18-3-4-19-22(30)27(13(2)8-28(19)21(18)29)9-14-10-31-20-16(14)5-15(23)6-17(20)24/h3-7,10-11,13H,8-9H2,1-2H3/t13-/m1/s1. The first-order valence-corrected chi connectivity index (χ1v) is 10.5. The van der Waals surface area contributed by atoms with Crippen LogP contribution in [-0.2, 0) is 13.1 Å². The molecule has 0 N–H and O–H groups in total. The normalized spacial score (nSPS) is 16.2. The van der Waals surface area contributed by atoms with Crippen molar-refractivity contribution in [2.75, 3.05) is 0 Å². The summed E-state index contributed by atoms with van der Waals surface area (Å²) < 4.78 is 8.82. The Morgan fingerprint density at radius 2 is 2.03 bits per heavy atom. The number of hydrogen-bond donors (Lipinski definition) is 0. The molecule has 0 radical (unpaired) electrons. The Balaban J connectivity index is 1.52. The van der Waals surface area contributed by atoms with Crippen LogP contribution < -0.4 is 5.56 Å². The minimum atomic E-state index is -0.220. The number of aryl methyl sites for hydroxylation is 1. The third kappa shape index (κ3) is 3.25. The lowest BCUT2D eigenvalue weighted by molar-refractivity contribution is 0.0590. The molecule has 1 aliphatic rings. The van der Waals surface area contributed by atoms with Crippen LogP contribution in [0.5, 0.6) is 0 Å². The van der Waals surface area contributed by atoms with E-state index >= 15 is 0 Å². The lowest BCUT2D eigenvalue weighted by Crippen LogP contribution is -2.49. The number of benzene rings is 1. The topological polar surface area (TPSA) is 73.3 Å². The molecule has 1 aromatic carbocycles. The highest BCUT2D eigenvalue weighted by Crippen LogP contribution is 2.33. The molecular weight excluding hydrogens is 439 g/mol. The number of rotatable bonds is 3. The number of hydrogen-bond acceptors (Lipinski definition) is 4. The van der Waals surface area contributed by atoms with E-state index in [1.54, 1.807) is 52.5 Å². The number of carbonyl (C=O) groups excluding carboxylic acids is 1. The van der Waals surface area contributed by atoms with Crippen LogP contribution in [0.3, 0.4) is 0 Å². The molecule has 0 unspecified atom stereocenters. The van der Waals surface area contributed by atoms with E-state index in [4.69, 9.17) is 27.6 Å².